The van der Waals surface area contributed by atoms with E-state index in [1.54, 1.807) is 18.2 Å². The van der Waals surface area contributed by atoms with Gasteiger partial charge in [0, 0.05) is 13.1 Å². The maximum atomic E-state index is 12.0. The Balaban J connectivity index is 2.56. The van der Waals surface area contributed by atoms with Crippen LogP contribution in [0.2, 0.25) is 0 Å². The van der Waals surface area contributed by atoms with Crippen LogP contribution in [0.5, 0.6) is 5.75 Å². The van der Waals surface area contributed by atoms with Gasteiger partial charge in [-0.1, -0.05) is 12.1 Å². The number of likely N-dealkylation sites (N-methyl/N-ethyl adjacent to an activating group) is 1. The Morgan fingerprint density at radius 1 is 1.33 bits per heavy atom. The lowest BCUT2D eigenvalue weighted by molar-refractivity contribution is -0.153. The highest BCUT2D eigenvalue weighted by Crippen LogP contribution is 2.19. The monoisotopic (exact) mass is 263 g/mol. The van der Waals surface area contributed by atoms with Gasteiger partial charge in [-0.25, -0.2) is 0 Å². The predicted octanol–water partition coefficient (Wildman–Crippen LogP) is 2.05. The summed E-state index contributed by atoms with van der Waals surface area (Å²) in [6.07, 6.45) is -4.33. The Kier molecular flexibility index (Phi) is 5.43. The molecule has 1 rings (SSSR count). The zero-order valence-electron chi connectivity index (χ0n) is 10.1. The molecule has 6 heteroatoms. The minimum atomic E-state index is -4.33. The molecule has 0 bridgehead atoms. The molecule has 0 fully saturated rings. The number of aliphatic hydroxyl groups excluding tert-OH is 1. The summed E-state index contributed by atoms with van der Waals surface area (Å²) in [6, 6.07) is 6.50. The van der Waals surface area contributed by atoms with Crippen LogP contribution < -0.4 is 4.74 Å². The average molecular weight is 263 g/mol. The molecule has 102 valence electrons. The lowest BCUT2D eigenvalue weighted by atomic mass is 10.2. The summed E-state index contributed by atoms with van der Waals surface area (Å²) in [7, 11) is 1.82. The van der Waals surface area contributed by atoms with Gasteiger partial charge in [0.2, 0.25) is 0 Å². The summed E-state index contributed by atoms with van der Waals surface area (Å²) in [6.45, 7) is -0.193. The fourth-order valence-corrected chi connectivity index (χ4v) is 1.46. The van der Waals surface area contributed by atoms with Gasteiger partial charge in [0.15, 0.2) is 6.61 Å². The van der Waals surface area contributed by atoms with E-state index in [0.29, 0.717) is 13.1 Å². The van der Waals surface area contributed by atoms with Crippen LogP contribution in [0.4, 0.5) is 13.2 Å². The van der Waals surface area contributed by atoms with Crippen LogP contribution in [0.15, 0.2) is 24.3 Å². The molecule has 0 unspecified atom stereocenters. The molecule has 0 heterocycles. The van der Waals surface area contributed by atoms with Crippen molar-refractivity contribution in [2.45, 2.75) is 12.7 Å². The van der Waals surface area contributed by atoms with Gasteiger partial charge in [0.1, 0.15) is 5.75 Å². The molecule has 1 aromatic carbocycles. The molecule has 0 atom stereocenters. The minimum absolute atomic E-state index is 0.0424. The number of hydrogen-bond acceptors (Lipinski definition) is 3. The first kappa shape index (κ1) is 14.8. The topological polar surface area (TPSA) is 32.7 Å². The number of aliphatic hydroxyl groups is 1. The first-order valence-electron chi connectivity index (χ1n) is 5.48. The first-order valence-corrected chi connectivity index (χ1v) is 5.48. The van der Waals surface area contributed by atoms with Gasteiger partial charge in [-0.2, -0.15) is 13.2 Å². The van der Waals surface area contributed by atoms with E-state index in [-0.39, 0.29) is 12.4 Å². The highest BCUT2D eigenvalue weighted by atomic mass is 19.4. The Hall–Kier alpha value is -1.27. The lowest BCUT2D eigenvalue weighted by Crippen LogP contribution is -2.21. The molecule has 1 N–H and O–H groups in total. The van der Waals surface area contributed by atoms with Gasteiger partial charge in [-0.3, -0.25) is 4.90 Å². The van der Waals surface area contributed by atoms with E-state index in [9.17, 15) is 13.2 Å². The number of alkyl halides is 3. The third-order valence-corrected chi connectivity index (χ3v) is 2.24. The molecule has 1 aromatic rings. The first-order chi connectivity index (χ1) is 8.40. The minimum Gasteiger partial charge on any atom is -0.484 e. The molecule has 0 saturated heterocycles. The molecule has 0 saturated carbocycles. The molecule has 18 heavy (non-hydrogen) atoms. The van der Waals surface area contributed by atoms with Crippen LogP contribution in [0.3, 0.4) is 0 Å². The van der Waals surface area contributed by atoms with Gasteiger partial charge in [0.25, 0.3) is 0 Å². The highest BCUT2D eigenvalue weighted by molar-refractivity contribution is 5.28. The number of benzene rings is 1. The summed E-state index contributed by atoms with van der Waals surface area (Å²) in [5.41, 5.74) is 0.839. The molecule has 0 aliphatic rings. The van der Waals surface area contributed by atoms with E-state index in [2.05, 4.69) is 4.74 Å². The van der Waals surface area contributed by atoms with Crippen molar-refractivity contribution in [3.05, 3.63) is 29.8 Å². The number of halogens is 3. The van der Waals surface area contributed by atoms with Crippen LogP contribution in [-0.4, -0.2) is 43.0 Å². The van der Waals surface area contributed by atoms with Crippen molar-refractivity contribution < 1.29 is 23.0 Å². The van der Waals surface area contributed by atoms with E-state index in [4.69, 9.17) is 5.11 Å². The van der Waals surface area contributed by atoms with Crippen molar-refractivity contribution >= 4 is 0 Å². The van der Waals surface area contributed by atoms with Crippen LogP contribution >= 0.6 is 0 Å². The molecular formula is C12H16F3NO2. The van der Waals surface area contributed by atoms with E-state index in [1.165, 1.54) is 6.07 Å². The number of rotatable bonds is 6. The van der Waals surface area contributed by atoms with Gasteiger partial charge in [-0.05, 0) is 24.7 Å². The Morgan fingerprint density at radius 3 is 2.67 bits per heavy atom. The second kappa shape index (κ2) is 6.61. The zero-order valence-corrected chi connectivity index (χ0v) is 10.1. The van der Waals surface area contributed by atoms with Gasteiger partial charge in [0.05, 0.1) is 6.61 Å². The fraction of sp³-hybridized carbons (Fsp3) is 0.500. The fourth-order valence-electron chi connectivity index (χ4n) is 1.46. The molecule has 0 radical (unpaired) electrons. The molecule has 0 aromatic heterocycles. The molecule has 0 aliphatic carbocycles. The predicted molar refractivity (Wildman–Crippen MR) is 61.4 cm³/mol. The molecular weight excluding hydrogens is 247 g/mol. The number of nitrogens with zero attached hydrogens (tertiary/aromatic N) is 1. The smallest absolute Gasteiger partial charge is 0.422 e. The summed E-state index contributed by atoms with van der Waals surface area (Å²) in [4.78, 5) is 1.86. The van der Waals surface area contributed by atoms with Crippen molar-refractivity contribution in [2.75, 3.05) is 26.8 Å². The maximum absolute atomic E-state index is 12.0. The van der Waals surface area contributed by atoms with E-state index >= 15 is 0 Å². The summed E-state index contributed by atoms with van der Waals surface area (Å²) in [5.74, 6) is 0.197. The standard InChI is InChI=1S/C12H16F3NO2/c1-16(5-6-17)8-10-3-2-4-11(7-10)18-9-12(13,14)15/h2-4,7,17H,5-6,8-9H2,1H3. The van der Waals surface area contributed by atoms with Crippen molar-refractivity contribution in [3.63, 3.8) is 0 Å². The van der Waals surface area contributed by atoms with E-state index < -0.39 is 12.8 Å². The maximum Gasteiger partial charge on any atom is 0.422 e. The normalized spacial score (nSPS) is 11.9. The second-order valence-electron chi connectivity index (χ2n) is 4.01. The lowest BCUT2D eigenvalue weighted by Gasteiger charge is -2.16. The van der Waals surface area contributed by atoms with Crippen LogP contribution in [-0.2, 0) is 6.54 Å². The van der Waals surface area contributed by atoms with Crippen molar-refractivity contribution in [1.29, 1.82) is 0 Å². The molecule has 0 aliphatic heterocycles. The largest absolute Gasteiger partial charge is 0.484 e. The Morgan fingerprint density at radius 2 is 2.06 bits per heavy atom. The van der Waals surface area contributed by atoms with Crippen molar-refractivity contribution in [1.82, 2.24) is 4.90 Å². The average Bonchev–Trinajstić information content (AvgIpc) is 2.26. The summed E-state index contributed by atoms with van der Waals surface area (Å²) >= 11 is 0. The van der Waals surface area contributed by atoms with Gasteiger partial charge in [-0.15, -0.1) is 0 Å². The third-order valence-electron chi connectivity index (χ3n) is 2.24. The second-order valence-corrected chi connectivity index (χ2v) is 4.01. The Labute approximate surface area is 104 Å². The van der Waals surface area contributed by atoms with E-state index in [1.807, 2.05) is 11.9 Å². The highest BCUT2D eigenvalue weighted by Gasteiger charge is 2.28. The van der Waals surface area contributed by atoms with E-state index in [0.717, 1.165) is 5.56 Å². The van der Waals surface area contributed by atoms with Gasteiger partial charge >= 0.3 is 6.18 Å². The molecule has 0 spiro atoms. The van der Waals surface area contributed by atoms with Crippen molar-refractivity contribution in [3.8, 4) is 5.75 Å². The van der Waals surface area contributed by atoms with Crippen LogP contribution in [0, 0.1) is 0 Å². The Bertz CT molecular complexity index is 369. The summed E-state index contributed by atoms with van der Waals surface area (Å²) in [5, 5.41) is 8.75. The number of ether oxygens (including phenoxy) is 1. The molecule has 0 amide bonds. The quantitative estimate of drug-likeness (QED) is 0.852. The van der Waals surface area contributed by atoms with Crippen LogP contribution in [0.25, 0.3) is 0 Å². The van der Waals surface area contributed by atoms with Crippen LogP contribution in [0.1, 0.15) is 5.56 Å². The summed E-state index contributed by atoms with van der Waals surface area (Å²) < 4.78 is 40.6. The van der Waals surface area contributed by atoms with Crippen molar-refractivity contribution in [2.24, 2.45) is 0 Å². The van der Waals surface area contributed by atoms with Gasteiger partial charge < -0.3 is 9.84 Å². The third kappa shape index (κ3) is 5.88. The SMILES string of the molecule is CN(CCO)Cc1cccc(OCC(F)(F)F)c1. The number of hydrogen-bond donors (Lipinski definition) is 1. The zero-order chi connectivity index (χ0) is 13.6. The molecule has 3 nitrogen and oxygen atoms in total.